The Hall–Kier alpha value is -2.95. The van der Waals surface area contributed by atoms with Crippen LogP contribution in [0.1, 0.15) is 44.9 Å². The van der Waals surface area contributed by atoms with E-state index >= 15 is 0 Å². The summed E-state index contributed by atoms with van der Waals surface area (Å²) in [6, 6.07) is 13.5. The Bertz CT molecular complexity index is 1400. The zero-order chi connectivity index (χ0) is 28.7. The number of para-hydroxylation sites is 1. The van der Waals surface area contributed by atoms with E-state index in [1.165, 1.54) is 0 Å². The summed E-state index contributed by atoms with van der Waals surface area (Å²) in [5.41, 5.74) is 1.46. The molecule has 0 radical (unpaired) electrons. The molecule has 2 bridgehead atoms. The third-order valence-electron chi connectivity index (χ3n) is 7.31. The van der Waals surface area contributed by atoms with E-state index in [1.54, 1.807) is 6.07 Å². The summed E-state index contributed by atoms with van der Waals surface area (Å²) in [6.07, 6.45) is -2.89. The quantitative estimate of drug-likeness (QED) is 0.271. The van der Waals surface area contributed by atoms with Crippen LogP contribution in [0.2, 0.25) is 0 Å². The van der Waals surface area contributed by atoms with Crippen molar-refractivity contribution in [1.29, 1.82) is 0 Å². The molecule has 2 saturated heterocycles. The number of carbonyl (C=O) groups excluding carboxylic acids is 1. The number of alkyl halides is 3. The molecule has 2 N–H and O–H groups in total. The molecule has 12 heteroatoms. The molecule has 7 nitrogen and oxygen atoms in total. The molecule has 2 unspecified atom stereocenters. The molecule has 2 aliphatic rings. The number of piperazine rings is 1. The van der Waals surface area contributed by atoms with Crippen molar-refractivity contribution in [3.05, 3.63) is 59.8 Å². The van der Waals surface area contributed by atoms with Crippen LogP contribution in [0, 0.1) is 6.92 Å². The molecular weight excluding hydrogens is 590 g/mol. The lowest BCUT2D eigenvalue weighted by Gasteiger charge is -2.35. The number of likely N-dealkylation sites (tertiary alicyclic amines) is 2. The number of pyridine rings is 1. The van der Waals surface area contributed by atoms with Gasteiger partial charge in [0.05, 0.1) is 17.7 Å². The number of hydrogen-bond donors (Lipinski definition) is 2. The van der Waals surface area contributed by atoms with Crippen molar-refractivity contribution in [2.24, 2.45) is 0 Å². The van der Waals surface area contributed by atoms with E-state index < -0.39 is 11.7 Å². The zero-order valence-corrected chi connectivity index (χ0v) is 25.8. The molecule has 0 saturated carbocycles. The lowest BCUT2D eigenvalue weighted by atomic mass is 10.1. The Morgan fingerprint density at radius 1 is 1.05 bits per heavy atom. The number of fused-ring (bicyclic) bond motifs is 3. The number of benzene rings is 2. The number of urea groups is 1. The predicted octanol–water partition coefficient (Wildman–Crippen LogP) is 7.18. The van der Waals surface area contributed by atoms with Gasteiger partial charge in [-0.15, -0.1) is 24.8 Å². The molecule has 3 heterocycles. The lowest BCUT2D eigenvalue weighted by Crippen LogP contribution is -2.55. The Balaban J connectivity index is 0.00000242. The molecule has 2 aliphatic heterocycles. The van der Waals surface area contributed by atoms with E-state index in [-0.39, 0.29) is 48.2 Å². The summed E-state index contributed by atoms with van der Waals surface area (Å²) in [5.74, 6) is 0.167. The summed E-state index contributed by atoms with van der Waals surface area (Å²) in [5, 5.41) is 7.01. The lowest BCUT2D eigenvalue weighted by molar-refractivity contribution is -0.137. The molecule has 2 amide bonds. The van der Waals surface area contributed by atoms with Gasteiger partial charge in [-0.1, -0.05) is 18.2 Å². The number of hydrogen-bond acceptors (Lipinski definition) is 5. The van der Waals surface area contributed by atoms with Gasteiger partial charge in [0.15, 0.2) is 0 Å². The fourth-order valence-corrected chi connectivity index (χ4v) is 5.61. The maximum Gasteiger partial charge on any atom is 0.416 e. The minimum absolute atomic E-state index is 0. The highest BCUT2D eigenvalue weighted by Crippen LogP contribution is 2.36. The van der Waals surface area contributed by atoms with Crippen molar-refractivity contribution < 1.29 is 22.7 Å². The highest BCUT2D eigenvalue weighted by atomic mass is 35.5. The maximum atomic E-state index is 13.7. The predicted molar refractivity (Wildman–Crippen MR) is 165 cm³/mol. The van der Waals surface area contributed by atoms with E-state index in [9.17, 15) is 18.0 Å². The number of aromatic nitrogens is 1. The zero-order valence-electron chi connectivity index (χ0n) is 24.1. The van der Waals surface area contributed by atoms with Gasteiger partial charge in [-0.3, -0.25) is 9.88 Å². The number of ether oxygens (including phenoxy) is 1. The van der Waals surface area contributed by atoms with Crippen LogP contribution in [0.5, 0.6) is 5.75 Å². The molecule has 0 spiro atoms. The molecule has 2 atom stereocenters. The van der Waals surface area contributed by atoms with Gasteiger partial charge in [-0.05, 0) is 64.8 Å². The van der Waals surface area contributed by atoms with Gasteiger partial charge in [-0.25, -0.2) is 4.79 Å². The van der Waals surface area contributed by atoms with E-state index in [2.05, 4.69) is 20.5 Å². The topological polar surface area (TPSA) is 69.7 Å². The second kappa shape index (κ2) is 13.1. The number of carbonyl (C=O) groups is 1. The Kier molecular flexibility index (Phi) is 10.5. The number of aryl methyl sites for hydroxylation is 1. The standard InChI is InChI=1S/C30H36F3N5O2.2ClH/c1-19-12-27(25-8-5-6-9-26(25)34-19)35-21-13-20(30(31,32)33)14-24(15-21)40-11-7-10-37-17-23-16-22(37)18-38(23)28(39)36-29(2,3)4;;/h5-6,8-9,12-15,22-23H,7,10-11,16-18H2,1-4H3,(H,34,35)(H,36,39);2*1H. The Morgan fingerprint density at radius 3 is 2.45 bits per heavy atom. The second-order valence-electron chi connectivity index (χ2n) is 11.8. The number of halogens is 5. The van der Waals surface area contributed by atoms with Crippen LogP contribution in [-0.2, 0) is 6.18 Å². The number of rotatable bonds is 7. The highest BCUT2D eigenvalue weighted by Gasteiger charge is 2.45. The van der Waals surface area contributed by atoms with E-state index in [1.807, 2.05) is 62.9 Å². The van der Waals surface area contributed by atoms with Crippen LogP contribution in [-0.4, -0.2) is 64.7 Å². The van der Waals surface area contributed by atoms with E-state index in [4.69, 9.17) is 4.74 Å². The third-order valence-corrected chi connectivity index (χ3v) is 7.31. The van der Waals surface area contributed by atoms with Gasteiger partial charge in [0.2, 0.25) is 0 Å². The SMILES string of the molecule is Cc1cc(Nc2cc(OCCCN3CC4CC3CN4C(=O)NC(C)(C)C)cc(C(F)(F)F)c2)c2ccccc2n1.Cl.Cl. The maximum absolute atomic E-state index is 13.7. The number of nitrogens with zero attached hydrogens (tertiary/aromatic N) is 3. The highest BCUT2D eigenvalue weighted by molar-refractivity contribution is 5.93. The molecule has 230 valence electrons. The fraction of sp³-hybridized carbons (Fsp3) is 0.467. The summed E-state index contributed by atoms with van der Waals surface area (Å²) < 4.78 is 47.0. The monoisotopic (exact) mass is 627 g/mol. The summed E-state index contributed by atoms with van der Waals surface area (Å²) in [4.78, 5) is 21.4. The van der Waals surface area contributed by atoms with Gasteiger partial charge in [0, 0.05) is 65.8 Å². The first-order chi connectivity index (χ1) is 18.9. The molecule has 42 heavy (non-hydrogen) atoms. The summed E-state index contributed by atoms with van der Waals surface area (Å²) in [6.45, 7) is 10.3. The minimum atomic E-state index is -4.51. The van der Waals surface area contributed by atoms with Gasteiger partial charge in [0.1, 0.15) is 5.75 Å². The normalized spacial score (nSPS) is 18.4. The largest absolute Gasteiger partial charge is 0.493 e. The van der Waals surface area contributed by atoms with Crippen LogP contribution in [0.25, 0.3) is 10.9 Å². The minimum Gasteiger partial charge on any atom is -0.493 e. The second-order valence-corrected chi connectivity index (χ2v) is 11.8. The first kappa shape index (κ1) is 33.6. The molecule has 2 aromatic carbocycles. The van der Waals surface area contributed by atoms with Gasteiger partial charge >= 0.3 is 12.2 Å². The van der Waals surface area contributed by atoms with Crippen LogP contribution >= 0.6 is 24.8 Å². The van der Waals surface area contributed by atoms with Crippen molar-refractivity contribution in [2.45, 2.75) is 64.3 Å². The van der Waals surface area contributed by atoms with Gasteiger partial charge < -0.3 is 20.3 Å². The number of anilines is 2. The van der Waals surface area contributed by atoms with E-state index in [0.29, 0.717) is 37.0 Å². The number of nitrogens with one attached hydrogen (secondary N) is 2. The Morgan fingerprint density at radius 2 is 1.79 bits per heavy atom. The van der Waals surface area contributed by atoms with Crippen molar-refractivity contribution in [3.63, 3.8) is 0 Å². The van der Waals surface area contributed by atoms with Crippen molar-refractivity contribution in [2.75, 3.05) is 31.6 Å². The van der Waals surface area contributed by atoms with Crippen LogP contribution in [0.3, 0.4) is 0 Å². The summed E-state index contributed by atoms with van der Waals surface area (Å²) in [7, 11) is 0. The molecule has 1 aromatic heterocycles. The molecular formula is C30H38Cl2F3N5O2. The van der Waals surface area contributed by atoms with Crippen molar-refractivity contribution >= 4 is 53.1 Å². The first-order valence-electron chi connectivity index (χ1n) is 13.7. The molecule has 0 aliphatic carbocycles. The average molecular weight is 629 g/mol. The van der Waals surface area contributed by atoms with Gasteiger partial charge in [-0.2, -0.15) is 13.2 Å². The first-order valence-corrected chi connectivity index (χ1v) is 13.7. The molecule has 2 fully saturated rings. The van der Waals surface area contributed by atoms with Gasteiger partial charge in [0.25, 0.3) is 0 Å². The van der Waals surface area contributed by atoms with Crippen molar-refractivity contribution in [3.8, 4) is 5.75 Å². The number of amides is 2. The summed E-state index contributed by atoms with van der Waals surface area (Å²) >= 11 is 0. The van der Waals surface area contributed by atoms with Crippen LogP contribution in [0.4, 0.5) is 29.3 Å². The van der Waals surface area contributed by atoms with Crippen LogP contribution in [0.15, 0.2) is 48.5 Å². The van der Waals surface area contributed by atoms with Crippen molar-refractivity contribution in [1.82, 2.24) is 20.1 Å². The molecule has 5 rings (SSSR count). The van der Waals surface area contributed by atoms with E-state index in [0.717, 1.165) is 48.2 Å². The Labute approximate surface area is 257 Å². The smallest absolute Gasteiger partial charge is 0.416 e. The average Bonchev–Trinajstić information content (AvgIpc) is 3.46. The fourth-order valence-electron chi connectivity index (χ4n) is 5.61. The third kappa shape index (κ3) is 7.90. The molecule has 3 aromatic rings. The van der Waals surface area contributed by atoms with Crippen LogP contribution < -0.4 is 15.4 Å².